The second-order valence-corrected chi connectivity index (χ2v) is 5.03. The van der Waals surface area contributed by atoms with Gasteiger partial charge in [-0.15, -0.1) is 0 Å². The van der Waals surface area contributed by atoms with Crippen molar-refractivity contribution in [1.29, 1.82) is 0 Å². The Labute approximate surface area is 125 Å². The molecule has 0 aliphatic carbocycles. The Bertz CT molecular complexity index is 337. The van der Waals surface area contributed by atoms with Crippen LogP contribution in [0.4, 0.5) is 4.79 Å². The van der Waals surface area contributed by atoms with Gasteiger partial charge in [-0.3, -0.25) is 4.79 Å². The topological polar surface area (TPSA) is 88.1 Å². The third-order valence-electron chi connectivity index (χ3n) is 3.44. The van der Waals surface area contributed by atoms with Crippen molar-refractivity contribution in [2.45, 2.75) is 32.7 Å². The zero-order valence-corrected chi connectivity index (χ0v) is 12.8. The van der Waals surface area contributed by atoms with Crippen LogP contribution in [0.15, 0.2) is 0 Å². The van der Waals surface area contributed by atoms with E-state index in [1.54, 1.807) is 4.90 Å². The van der Waals surface area contributed by atoms with E-state index in [2.05, 4.69) is 5.32 Å². The van der Waals surface area contributed by atoms with Crippen LogP contribution < -0.4 is 5.32 Å². The van der Waals surface area contributed by atoms with Crippen molar-refractivity contribution in [2.24, 2.45) is 5.92 Å². The number of carbonyl (C=O) groups excluding carboxylic acids is 1. The molecule has 2 atom stereocenters. The van der Waals surface area contributed by atoms with Crippen LogP contribution >= 0.6 is 0 Å². The maximum Gasteiger partial charge on any atom is 0.317 e. The van der Waals surface area contributed by atoms with Gasteiger partial charge in [0.15, 0.2) is 0 Å². The normalized spacial score (nSPS) is 21.2. The van der Waals surface area contributed by atoms with E-state index in [1.807, 2.05) is 13.8 Å². The van der Waals surface area contributed by atoms with Crippen molar-refractivity contribution in [3.05, 3.63) is 0 Å². The lowest BCUT2D eigenvalue weighted by atomic mass is 10.0. The lowest BCUT2D eigenvalue weighted by Gasteiger charge is -2.30. The first kappa shape index (κ1) is 17.7. The zero-order chi connectivity index (χ0) is 15.7. The monoisotopic (exact) mass is 302 g/mol. The van der Waals surface area contributed by atoms with Crippen LogP contribution in [-0.2, 0) is 14.3 Å². The molecule has 0 spiro atoms. The van der Waals surface area contributed by atoms with E-state index >= 15 is 0 Å². The smallest absolute Gasteiger partial charge is 0.317 e. The second-order valence-electron chi connectivity index (χ2n) is 5.03. The van der Waals surface area contributed by atoms with E-state index in [4.69, 9.17) is 9.47 Å². The molecule has 0 bridgehead atoms. The van der Waals surface area contributed by atoms with Crippen LogP contribution in [-0.4, -0.2) is 67.6 Å². The number of hydrogen-bond acceptors (Lipinski definition) is 4. The van der Waals surface area contributed by atoms with Gasteiger partial charge in [-0.2, -0.15) is 0 Å². The maximum atomic E-state index is 12.2. The minimum absolute atomic E-state index is 0.165. The number of nitrogens with one attached hydrogen (secondary N) is 1. The quantitative estimate of drug-likeness (QED) is 0.619. The predicted octanol–water partition coefficient (Wildman–Crippen LogP) is 0.934. The molecule has 122 valence electrons. The summed E-state index contributed by atoms with van der Waals surface area (Å²) in [6.07, 6.45) is 1.51. The molecule has 1 aliphatic rings. The first-order valence-corrected chi connectivity index (χ1v) is 7.54. The molecule has 1 heterocycles. The summed E-state index contributed by atoms with van der Waals surface area (Å²) in [7, 11) is 0. The lowest BCUT2D eigenvalue weighted by Crippen LogP contribution is -2.51. The lowest BCUT2D eigenvalue weighted by molar-refractivity contribution is -0.142. The fraction of sp³-hybridized carbons (Fsp3) is 0.857. The summed E-state index contributed by atoms with van der Waals surface area (Å²) in [5, 5.41) is 12.0. The second kappa shape index (κ2) is 9.57. The zero-order valence-electron chi connectivity index (χ0n) is 12.8. The van der Waals surface area contributed by atoms with E-state index in [1.165, 1.54) is 0 Å². The Balaban J connectivity index is 2.51. The van der Waals surface area contributed by atoms with Crippen molar-refractivity contribution in [3.8, 4) is 0 Å². The molecule has 2 N–H and O–H groups in total. The summed E-state index contributed by atoms with van der Waals surface area (Å²) in [4.78, 5) is 25.1. The summed E-state index contributed by atoms with van der Waals surface area (Å²) in [5.41, 5.74) is 0. The molecule has 0 radical (unpaired) electrons. The van der Waals surface area contributed by atoms with E-state index in [0.717, 1.165) is 12.8 Å². The summed E-state index contributed by atoms with van der Waals surface area (Å²) >= 11 is 0. The van der Waals surface area contributed by atoms with Gasteiger partial charge in [0, 0.05) is 26.3 Å². The van der Waals surface area contributed by atoms with Crippen molar-refractivity contribution in [3.63, 3.8) is 0 Å². The molecular weight excluding hydrogens is 276 g/mol. The van der Waals surface area contributed by atoms with Gasteiger partial charge in [-0.05, 0) is 19.8 Å². The van der Waals surface area contributed by atoms with Gasteiger partial charge < -0.3 is 24.8 Å². The highest BCUT2D eigenvalue weighted by molar-refractivity contribution is 5.77. The van der Waals surface area contributed by atoms with Gasteiger partial charge in [0.2, 0.25) is 0 Å². The number of hydrogen-bond donors (Lipinski definition) is 2. The average Bonchev–Trinajstić information content (AvgIpc) is 2.93. The van der Waals surface area contributed by atoms with Crippen molar-refractivity contribution < 1.29 is 24.2 Å². The Morgan fingerprint density at radius 1 is 1.38 bits per heavy atom. The molecule has 1 fully saturated rings. The molecule has 7 heteroatoms. The van der Waals surface area contributed by atoms with Crippen LogP contribution in [0, 0.1) is 5.92 Å². The SMILES string of the molecule is CCCN(C(=O)NCCCOCC)C1COCC1C(=O)O. The number of amides is 2. The largest absolute Gasteiger partial charge is 0.481 e. The molecule has 0 saturated carbocycles. The summed E-state index contributed by atoms with van der Waals surface area (Å²) < 4.78 is 10.5. The number of carboxylic acid groups (broad SMARTS) is 1. The molecule has 0 aromatic heterocycles. The average molecular weight is 302 g/mol. The van der Waals surface area contributed by atoms with E-state index in [0.29, 0.717) is 26.3 Å². The highest BCUT2D eigenvalue weighted by atomic mass is 16.5. The highest BCUT2D eigenvalue weighted by Gasteiger charge is 2.39. The number of carboxylic acids is 1. The molecule has 1 saturated heterocycles. The number of aliphatic carboxylic acids is 1. The number of carbonyl (C=O) groups is 2. The van der Waals surface area contributed by atoms with Crippen LogP contribution in [0.25, 0.3) is 0 Å². The first-order chi connectivity index (χ1) is 10.1. The van der Waals surface area contributed by atoms with Crippen molar-refractivity contribution in [1.82, 2.24) is 10.2 Å². The number of urea groups is 1. The molecule has 2 amide bonds. The van der Waals surface area contributed by atoms with Crippen LogP contribution in [0.5, 0.6) is 0 Å². The minimum Gasteiger partial charge on any atom is -0.481 e. The van der Waals surface area contributed by atoms with Gasteiger partial charge in [-0.1, -0.05) is 6.92 Å². The Morgan fingerprint density at radius 3 is 2.76 bits per heavy atom. The fourth-order valence-electron chi connectivity index (χ4n) is 2.36. The predicted molar refractivity (Wildman–Crippen MR) is 77.2 cm³/mol. The van der Waals surface area contributed by atoms with Crippen molar-refractivity contribution in [2.75, 3.05) is 39.5 Å². The van der Waals surface area contributed by atoms with Gasteiger partial charge in [-0.25, -0.2) is 4.79 Å². The van der Waals surface area contributed by atoms with E-state index in [9.17, 15) is 14.7 Å². The van der Waals surface area contributed by atoms with Gasteiger partial charge in [0.1, 0.15) is 5.92 Å². The summed E-state index contributed by atoms with van der Waals surface area (Å²) in [6, 6.07) is -0.621. The molecule has 1 aliphatic heterocycles. The Hall–Kier alpha value is -1.34. The minimum atomic E-state index is -0.914. The first-order valence-electron chi connectivity index (χ1n) is 7.54. The van der Waals surface area contributed by atoms with Crippen molar-refractivity contribution >= 4 is 12.0 Å². The third kappa shape index (κ3) is 5.51. The van der Waals surface area contributed by atoms with E-state index in [-0.39, 0.29) is 19.2 Å². The van der Waals surface area contributed by atoms with Gasteiger partial charge in [0.25, 0.3) is 0 Å². The number of rotatable bonds is 9. The molecule has 1 rings (SSSR count). The molecule has 7 nitrogen and oxygen atoms in total. The molecule has 2 unspecified atom stereocenters. The molecular formula is C14H26N2O5. The maximum absolute atomic E-state index is 12.2. The molecule has 0 aromatic carbocycles. The standard InChI is InChI=1S/C14H26N2O5/c1-3-7-16(12-10-21-9-11(12)13(17)18)14(19)15-6-5-8-20-4-2/h11-12H,3-10H2,1-2H3,(H,15,19)(H,17,18). The Kier molecular flexibility index (Phi) is 8.07. The molecule has 0 aromatic rings. The summed E-state index contributed by atoms with van der Waals surface area (Å²) in [6.45, 7) is 6.64. The van der Waals surface area contributed by atoms with E-state index < -0.39 is 17.9 Å². The van der Waals surface area contributed by atoms with Crippen LogP contribution in [0.3, 0.4) is 0 Å². The number of nitrogens with zero attached hydrogens (tertiary/aromatic N) is 1. The van der Waals surface area contributed by atoms with Gasteiger partial charge >= 0.3 is 12.0 Å². The fourth-order valence-corrected chi connectivity index (χ4v) is 2.36. The summed E-state index contributed by atoms with van der Waals surface area (Å²) in [5.74, 6) is -1.56. The third-order valence-corrected chi connectivity index (χ3v) is 3.44. The highest BCUT2D eigenvalue weighted by Crippen LogP contribution is 2.20. The number of ether oxygens (including phenoxy) is 2. The van der Waals surface area contributed by atoms with Crippen LogP contribution in [0.1, 0.15) is 26.7 Å². The Morgan fingerprint density at radius 2 is 2.14 bits per heavy atom. The van der Waals surface area contributed by atoms with Gasteiger partial charge in [0.05, 0.1) is 19.3 Å². The van der Waals surface area contributed by atoms with Crippen LogP contribution in [0.2, 0.25) is 0 Å². The molecule has 21 heavy (non-hydrogen) atoms.